The Kier molecular flexibility index (Phi) is 6.55. The van der Waals surface area contributed by atoms with E-state index in [-0.39, 0.29) is 10.6 Å². The molecule has 1 heterocycles. The lowest BCUT2D eigenvalue weighted by Crippen LogP contribution is -2.09. The van der Waals surface area contributed by atoms with Gasteiger partial charge in [0.2, 0.25) is 0 Å². The second-order valence-electron chi connectivity index (χ2n) is 9.75. The number of nitro groups is 1. The highest BCUT2D eigenvalue weighted by atomic mass is 16.6. The number of non-ortho nitro benzene ring substituents is 1. The molecule has 0 fully saturated rings. The SMILES string of the molecule is CCCCn1c2cc(-c3ccc([N+](=O)[O-])cc3)ccc2c2ccc(N(c3ccccc3)c3ccccc3)cc21. The molecule has 0 aliphatic heterocycles. The van der Waals surface area contributed by atoms with E-state index in [0.29, 0.717) is 0 Å². The van der Waals surface area contributed by atoms with Crippen molar-refractivity contribution < 1.29 is 4.92 Å². The molecule has 5 nitrogen and oxygen atoms in total. The predicted molar refractivity (Wildman–Crippen MR) is 161 cm³/mol. The van der Waals surface area contributed by atoms with Crippen LogP contribution < -0.4 is 4.90 Å². The summed E-state index contributed by atoms with van der Waals surface area (Å²) in [4.78, 5) is 13.1. The first kappa shape index (κ1) is 24.4. The zero-order valence-corrected chi connectivity index (χ0v) is 21.8. The molecule has 0 radical (unpaired) electrons. The van der Waals surface area contributed by atoms with Crippen LogP contribution in [0.1, 0.15) is 19.8 Å². The highest BCUT2D eigenvalue weighted by Gasteiger charge is 2.17. The summed E-state index contributed by atoms with van der Waals surface area (Å²) in [5.74, 6) is 0. The average Bonchev–Trinajstić information content (AvgIpc) is 3.29. The summed E-state index contributed by atoms with van der Waals surface area (Å²) in [5.41, 5.74) is 7.83. The van der Waals surface area contributed by atoms with Crippen molar-refractivity contribution in [2.75, 3.05) is 4.90 Å². The first-order valence-electron chi connectivity index (χ1n) is 13.3. The van der Waals surface area contributed by atoms with E-state index in [2.05, 4.69) is 101 Å². The summed E-state index contributed by atoms with van der Waals surface area (Å²) in [6.45, 7) is 3.13. The molecule has 0 N–H and O–H groups in total. The van der Waals surface area contributed by atoms with Gasteiger partial charge >= 0.3 is 0 Å². The highest BCUT2D eigenvalue weighted by molar-refractivity contribution is 6.10. The second kappa shape index (κ2) is 10.5. The molecule has 0 aliphatic carbocycles. The van der Waals surface area contributed by atoms with Crippen molar-refractivity contribution in [3.63, 3.8) is 0 Å². The Bertz CT molecular complexity index is 1720. The van der Waals surface area contributed by atoms with Crippen LogP contribution in [0.4, 0.5) is 22.7 Å². The zero-order chi connectivity index (χ0) is 26.8. The quantitative estimate of drug-likeness (QED) is 0.151. The van der Waals surface area contributed by atoms with Gasteiger partial charge in [0.15, 0.2) is 0 Å². The summed E-state index contributed by atoms with van der Waals surface area (Å²) < 4.78 is 2.43. The third kappa shape index (κ3) is 4.64. The second-order valence-corrected chi connectivity index (χ2v) is 9.75. The van der Waals surface area contributed by atoms with Crippen LogP contribution >= 0.6 is 0 Å². The number of para-hydroxylation sites is 2. The molecule has 5 heteroatoms. The first-order chi connectivity index (χ1) is 19.1. The lowest BCUT2D eigenvalue weighted by atomic mass is 10.0. The van der Waals surface area contributed by atoms with Crippen molar-refractivity contribution in [2.45, 2.75) is 26.3 Å². The Morgan fingerprint density at radius 3 is 1.82 bits per heavy atom. The molecule has 6 rings (SSSR count). The Morgan fingerprint density at radius 1 is 0.667 bits per heavy atom. The number of hydrogen-bond donors (Lipinski definition) is 0. The van der Waals surface area contributed by atoms with E-state index in [9.17, 15) is 10.1 Å². The number of nitro benzene ring substituents is 1. The van der Waals surface area contributed by atoms with Crippen molar-refractivity contribution in [2.24, 2.45) is 0 Å². The Balaban J connectivity index is 1.52. The molecule has 0 spiro atoms. The van der Waals surface area contributed by atoms with Crippen molar-refractivity contribution in [1.29, 1.82) is 0 Å². The van der Waals surface area contributed by atoms with Crippen molar-refractivity contribution in [3.05, 3.63) is 131 Å². The number of unbranched alkanes of at least 4 members (excludes halogenated alkanes) is 1. The molecule has 0 saturated carbocycles. The maximum absolute atomic E-state index is 11.1. The molecule has 6 aromatic rings. The van der Waals surface area contributed by atoms with Gasteiger partial charge in [-0.05, 0) is 72.1 Å². The van der Waals surface area contributed by atoms with E-state index in [4.69, 9.17) is 0 Å². The fourth-order valence-corrected chi connectivity index (χ4v) is 5.34. The van der Waals surface area contributed by atoms with Crippen LogP contribution in [0.5, 0.6) is 0 Å². The number of fused-ring (bicyclic) bond motifs is 3. The van der Waals surface area contributed by atoms with Crippen LogP contribution in [0.3, 0.4) is 0 Å². The van der Waals surface area contributed by atoms with Crippen molar-refractivity contribution in [3.8, 4) is 11.1 Å². The molecular formula is C34H29N3O2. The maximum atomic E-state index is 11.1. The Morgan fingerprint density at radius 2 is 1.23 bits per heavy atom. The Labute approximate surface area is 227 Å². The van der Waals surface area contributed by atoms with Gasteiger partial charge in [0.25, 0.3) is 5.69 Å². The van der Waals surface area contributed by atoms with Gasteiger partial charge in [-0.15, -0.1) is 0 Å². The van der Waals surface area contributed by atoms with E-state index in [1.54, 1.807) is 12.1 Å². The minimum Gasteiger partial charge on any atom is -0.340 e. The third-order valence-corrected chi connectivity index (χ3v) is 7.28. The topological polar surface area (TPSA) is 51.3 Å². The van der Waals surface area contributed by atoms with Crippen molar-refractivity contribution in [1.82, 2.24) is 4.57 Å². The van der Waals surface area contributed by atoms with Crippen LogP contribution in [-0.2, 0) is 6.54 Å². The van der Waals surface area contributed by atoms with Gasteiger partial charge in [-0.25, -0.2) is 0 Å². The summed E-state index contributed by atoms with van der Waals surface area (Å²) in [5, 5.41) is 13.6. The number of aromatic nitrogens is 1. The first-order valence-corrected chi connectivity index (χ1v) is 13.3. The fraction of sp³-hybridized carbons (Fsp3) is 0.118. The summed E-state index contributed by atoms with van der Waals surface area (Å²) in [7, 11) is 0. The molecule has 1 aromatic heterocycles. The van der Waals surface area contributed by atoms with Gasteiger partial charge in [-0.2, -0.15) is 0 Å². The largest absolute Gasteiger partial charge is 0.340 e. The van der Waals surface area contributed by atoms with E-state index < -0.39 is 0 Å². The van der Waals surface area contributed by atoms with E-state index in [0.717, 1.165) is 47.6 Å². The number of nitrogens with zero attached hydrogens (tertiary/aromatic N) is 3. The number of hydrogen-bond acceptors (Lipinski definition) is 3. The van der Waals surface area contributed by atoms with Gasteiger partial charge in [0.05, 0.1) is 10.4 Å². The van der Waals surface area contributed by atoms with Crippen LogP contribution in [0.15, 0.2) is 121 Å². The molecular weight excluding hydrogens is 482 g/mol. The summed E-state index contributed by atoms with van der Waals surface area (Å²) in [6.07, 6.45) is 2.18. The fourth-order valence-electron chi connectivity index (χ4n) is 5.34. The summed E-state index contributed by atoms with van der Waals surface area (Å²) in [6, 6.07) is 41.0. The number of rotatable bonds is 8. The highest BCUT2D eigenvalue weighted by Crippen LogP contribution is 2.39. The number of aryl methyl sites for hydroxylation is 1. The molecule has 0 aliphatic rings. The molecule has 192 valence electrons. The van der Waals surface area contributed by atoms with Gasteiger partial charge in [-0.1, -0.05) is 67.9 Å². The number of benzene rings is 5. The lowest BCUT2D eigenvalue weighted by Gasteiger charge is -2.25. The monoisotopic (exact) mass is 511 g/mol. The maximum Gasteiger partial charge on any atom is 0.269 e. The zero-order valence-electron chi connectivity index (χ0n) is 21.8. The van der Waals surface area contributed by atoms with Gasteiger partial charge in [0.1, 0.15) is 0 Å². The minimum atomic E-state index is -0.360. The summed E-state index contributed by atoms with van der Waals surface area (Å²) >= 11 is 0. The van der Waals surface area contributed by atoms with Crippen LogP contribution in [0, 0.1) is 10.1 Å². The van der Waals surface area contributed by atoms with Crippen LogP contribution in [-0.4, -0.2) is 9.49 Å². The smallest absolute Gasteiger partial charge is 0.269 e. The van der Waals surface area contributed by atoms with Gasteiger partial charge in [-0.3, -0.25) is 10.1 Å². The number of anilines is 3. The molecule has 0 saturated heterocycles. The molecule has 5 aromatic carbocycles. The minimum absolute atomic E-state index is 0.103. The van der Waals surface area contributed by atoms with Crippen LogP contribution in [0.2, 0.25) is 0 Å². The van der Waals surface area contributed by atoms with Crippen LogP contribution in [0.25, 0.3) is 32.9 Å². The normalized spacial score (nSPS) is 11.2. The molecule has 0 bridgehead atoms. The van der Waals surface area contributed by atoms with Crippen molar-refractivity contribution >= 4 is 44.6 Å². The molecule has 0 unspecified atom stereocenters. The Hall–Kier alpha value is -4.90. The standard InChI is InChI=1S/C34H29N3O2/c1-2-3-22-35-33-23-26(25-14-17-29(18-15-25)37(38)39)16-20-31(33)32-21-19-30(24-34(32)35)36(27-10-6-4-7-11-27)28-12-8-5-9-13-28/h4-21,23-24H,2-3,22H2,1H3. The van der Waals surface area contributed by atoms with Gasteiger partial charge in [0, 0.05) is 52.0 Å². The van der Waals surface area contributed by atoms with E-state index >= 15 is 0 Å². The predicted octanol–water partition coefficient (Wildman–Crippen LogP) is 9.64. The lowest BCUT2D eigenvalue weighted by molar-refractivity contribution is -0.384. The van der Waals surface area contributed by atoms with E-state index in [1.165, 1.54) is 21.8 Å². The van der Waals surface area contributed by atoms with E-state index in [1.807, 2.05) is 24.3 Å². The third-order valence-electron chi connectivity index (χ3n) is 7.28. The molecule has 39 heavy (non-hydrogen) atoms. The molecule has 0 amide bonds. The van der Waals surface area contributed by atoms with Gasteiger partial charge < -0.3 is 9.47 Å². The molecule has 0 atom stereocenters. The average molecular weight is 512 g/mol.